The fourth-order valence-corrected chi connectivity index (χ4v) is 13.2. The van der Waals surface area contributed by atoms with Crippen molar-refractivity contribution in [2.75, 3.05) is 4.90 Å². The number of nitrogens with zero attached hydrogens (tertiary/aromatic N) is 2. The average molecular weight is 881 g/mol. The Hall–Kier alpha value is -5.68. The molecular formula is C62H65BN2O2. The lowest BCUT2D eigenvalue weighted by atomic mass is 9.47. The summed E-state index contributed by atoms with van der Waals surface area (Å²) in [5.41, 5.74) is 22.1. The van der Waals surface area contributed by atoms with Crippen LogP contribution >= 0.6 is 0 Å². The van der Waals surface area contributed by atoms with Gasteiger partial charge in [-0.05, 0) is 158 Å². The molecule has 0 atom stereocenters. The van der Waals surface area contributed by atoms with Crippen molar-refractivity contribution in [1.29, 1.82) is 0 Å². The number of furan rings is 2. The molecule has 13 rings (SSSR count). The number of benzene rings is 6. The molecule has 0 amide bonds. The average Bonchev–Trinajstić information content (AvgIpc) is 3.94. The van der Waals surface area contributed by atoms with Gasteiger partial charge >= 0.3 is 6.85 Å². The molecule has 4 nitrogen and oxygen atoms in total. The quantitative estimate of drug-likeness (QED) is 0.154. The van der Waals surface area contributed by atoms with Crippen LogP contribution in [0.1, 0.15) is 156 Å². The lowest BCUT2D eigenvalue weighted by Gasteiger charge is -2.43. The van der Waals surface area contributed by atoms with Crippen molar-refractivity contribution in [3.8, 4) is 11.1 Å². The van der Waals surface area contributed by atoms with Gasteiger partial charge in [0.15, 0.2) is 0 Å². The van der Waals surface area contributed by atoms with Crippen molar-refractivity contribution in [3.05, 3.63) is 124 Å². The van der Waals surface area contributed by atoms with E-state index in [-0.39, 0.29) is 39.3 Å². The number of rotatable bonds is 1. The molecule has 0 bridgehead atoms. The fraction of sp³-hybridized carbons (Fsp3) is 0.387. The van der Waals surface area contributed by atoms with Gasteiger partial charge in [-0.1, -0.05) is 127 Å². The largest absolute Gasteiger partial charge is 0.466 e. The van der Waals surface area contributed by atoms with Crippen LogP contribution < -0.4 is 16.0 Å². The van der Waals surface area contributed by atoms with Gasteiger partial charge in [-0.25, -0.2) is 0 Å². The van der Waals surface area contributed by atoms with Gasteiger partial charge in [0.1, 0.15) is 22.4 Å². The van der Waals surface area contributed by atoms with Crippen LogP contribution in [0.2, 0.25) is 0 Å². The van der Waals surface area contributed by atoms with E-state index in [0.29, 0.717) is 0 Å². The molecule has 9 aromatic rings. The molecule has 0 unspecified atom stereocenters. The molecule has 0 radical (unpaired) electrons. The number of hydrogen-bond donors (Lipinski definition) is 0. The molecule has 2 aliphatic carbocycles. The van der Waals surface area contributed by atoms with E-state index in [1.54, 1.807) is 0 Å². The van der Waals surface area contributed by atoms with Gasteiger partial charge in [-0.15, -0.1) is 0 Å². The smallest absolute Gasteiger partial charge is 0.376 e. The molecule has 0 saturated carbocycles. The summed E-state index contributed by atoms with van der Waals surface area (Å²) in [6.45, 7) is 33.3. The lowest BCUT2D eigenvalue weighted by Crippen LogP contribution is -2.56. The topological polar surface area (TPSA) is 34.5 Å². The zero-order valence-corrected chi connectivity index (χ0v) is 42.3. The molecule has 6 aromatic carbocycles. The zero-order valence-electron chi connectivity index (χ0n) is 42.3. The molecule has 2 aliphatic heterocycles. The van der Waals surface area contributed by atoms with Crippen molar-refractivity contribution < 1.29 is 8.83 Å². The second-order valence-electron chi connectivity index (χ2n) is 25.9. The van der Waals surface area contributed by atoms with E-state index in [4.69, 9.17) is 8.83 Å². The number of aromatic nitrogens is 1. The van der Waals surface area contributed by atoms with Gasteiger partial charge in [0, 0.05) is 60.5 Å². The summed E-state index contributed by atoms with van der Waals surface area (Å²) in [7, 11) is 0. The first kappa shape index (κ1) is 41.5. The fourth-order valence-electron chi connectivity index (χ4n) is 13.2. The third kappa shape index (κ3) is 5.49. The Balaban J connectivity index is 1.25. The maximum absolute atomic E-state index is 7.70. The summed E-state index contributed by atoms with van der Waals surface area (Å²) in [5, 5.41) is 6.08. The molecular weight excluding hydrogens is 816 g/mol. The Bertz CT molecular complexity index is 3680. The monoisotopic (exact) mass is 881 g/mol. The maximum Gasteiger partial charge on any atom is 0.376 e. The van der Waals surface area contributed by atoms with Gasteiger partial charge in [0.05, 0.1) is 5.69 Å². The van der Waals surface area contributed by atoms with E-state index < -0.39 is 0 Å². The number of fused-ring (bicyclic) bond motifs is 15. The van der Waals surface area contributed by atoms with Gasteiger partial charge in [0.25, 0.3) is 0 Å². The lowest BCUT2D eigenvalue weighted by molar-refractivity contribution is 0.332. The minimum absolute atomic E-state index is 0.0135. The highest BCUT2D eigenvalue weighted by molar-refractivity contribution is 6.90. The Morgan fingerprint density at radius 3 is 1.84 bits per heavy atom. The molecule has 0 N–H and O–H groups in total. The first-order valence-corrected chi connectivity index (χ1v) is 25.1. The minimum Gasteiger partial charge on any atom is -0.466 e. The Labute approximate surface area is 396 Å². The van der Waals surface area contributed by atoms with E-state index >= 15 is 0 Å². The summed E-state index contributed by atoms with van der Waals surface area (Å²) in [6, 6.07) is 35.8. The molecule has 4 aliphatic rings. The highest BCUT2D eigenvalue weighted by Gasteiger charge is 2.49. The zero-order chi connectivity index (χ0) is 46.9. The van der Waals surface area contributed by atoms with Crippen LogP contribution in [0.15, 0.2) is 99.8 Å². The van der Waals surface area contributed by atoms with Gasteiger partial charge in [0.2, 0.25) is 0 Å². The third-order valence-electron chi connectivity index (χ3n) is 17.6. The van der Waals surface area contributed by atoms with Crippen LogP contribution in [0.4, 0.5) is 17.1 Å². The molecule has 3 aromatic heterocycles. The predicted octanol–water partition coefficient (Wildman–Crippen LogP) is 16.2. The second-order valence-corrected chi connectivity index (χ2v) is 25.9. The van der Waals surface area contributed by atoms with Crippen molar-refractivity contribution in [2.24, 2.45) is 0 Å². The SMILES string of the molecule is CC(C)(C)c1ccc2c(c1)c1cc(C(C)(C)C)cc3c1n2B1c2oc4cc5c(cc4c2N(c2ccc4c(c2)C(C)(C)CCC4(C)C)c2cc4c(oc6ccccc64)c-3c21)C(C)(C)CCC5(C)C. The number of anilines is 3. The van der Waals surface area contributed by atoms with Crippen molar-refractivity contribution in [1.82, 2.24) is 4.48 Å². The van der Waals surface area contributed by atoms with Crippen LogP contribution in [-0.4, -0.2) is 11.3 Å². The normalized spacial score (nSPS) is 18.8. The Kier molecular flexibility index (Phi) is 7.86. The molecule has 5 heterocycles. The summed E-state index contributed by atoms with van der Waals surface area (Å²) in [6.07, 6.45) is 4.62. The van der Waals surface area contributed by atoms with Crippen LogP contribution in [-0.2, 0) is 32.5 Å². The van der Waals surface area contributed by atoms with Crippen LogP contribution in [0.3, 0.4) is 0 Å². The van der Waals surface area contributed by atoms with Crippen molar-refractivity contribution >= 4 is 89.7 Å². The Morgan fingerprint density at radius 1 is 0.522 bits per heavy atom. The molecule has 5 heteroatoms. The van der Waals surface area contributed by atoms with Crippen LogP contribution in [0.25, 0.3) is 65.8 Å². The van der Waals surface area contributed by atoms with Crippen LogP contribution in [0.5, 0.6) is 0 Å². The van der Waals surface area contributed by atoms with Gasteiger partial charge in [-0.2, -0.15) is 0 Å². The second kappa shape index (κ2) is 12.7. The summed E-state index contributed by atoms with van der Waals surface area (Å²) < 4.78 is 17.6. The van der Waals surface area contributed by atoms with E-state index in [1.165, 1.54) is 95.0 Å². The molecule has 338 valence electrons. The minimum atomic E-state index is -0.249. The first-order chi connectivity index (χ1) is 31.4. The maximum atomic E-state index is 7.70. The summed E-state index contributed by atoms with van der Waals surface area (Å²) in [5.74, 6) is 0. The van der Waals surface area contributed by atoms with E-state index in [9.17, 15) is 0 Å². The van der Waals surface area contributed by atoms with Crippen molar-refractivity contribution in [2.45, 2.75) is 155 Å². The Morgan fingerprint density at radius 2 is 1.15 bits per heavy atom. The highest BCUT2D eigenvalue weighted by atomic mass is 16.3. The summed E-state index contributed by atoms with van der Waals surface area (Å²) in [4.78, 5) is 2.63. The van der Waals surface area contributed by atoms with Crippen molar-refractivity contribution in [3.63, 3.8) is 0 Å². The highest BCUT2D eigenvalue weighted by Crippen LogP contribution is 2.55. The van der Waals surface area contributed by atoms with E-state index in [1.807, 2.05) is 0 Å². The van der Waals surface area contributed by atoms with Crippen LogP contribution in [0, 0.1) is 0 Å². The standard InChI is InChI=1S/C62H65BN2O2/c1-57(2,3)34-19-22-47-38(27-34)39-28-35(58(4,5)6)29-42-51-52-48(32-40-37-17-15-16-18-49(37)66-55(40)51)64(36-20-21-43-44(30-36)60(9,10)24-23-59(43,7)8)54-41-31-45-46(62(13,14)26-25-61(45,11)12)33-50(41)67-56(54)63(52)65(47)53(39)42/h15-22,27-33H,23-26H2,1-14H3. The number of para-hydroxylation sites is 1. The van der Waals surface area contributed by atoms with E-state index in [0.717, 1.165) is 58.1 Å². The van der Waals surface area contributed by atoms with Gasteiger partial charge < -0.3 is 18.2 Å². The van der Waals surface area contributed by atoms with E-state index in [2.05, 4.69) is 197 Å². The first-order valence-electron chi connectivity index (χ1n) is 25.1. The third-order valence-corrected chi connectivity index (χ3v) is 17.6. The molecule has 67 heavy (non-hydrogen) atoms. The van der Waals surface area contributed by atoms with Gasteiger partial charge in [-0.3, -0.25) is 0 Å². The predicted molar refractivity (Wildman–Crippen MR) is 285 cm³/mol. The molecule has 0 fully saturated rings. The number of hydrogen-bond acceptors (Lipinski definition) is 3. The molecule has 0 spiro atoms. The molecule has 0 saturated heterocycles. The summed E-state index contributed by atoms with van der Waals surface area (Å²) >= 11 is 0.